The molecule has 96 valence electrons. The Morgan fingerprint density at radius 3 is 2.76 bits per heavy atom. The Labute approximate surface area is 103 Å². The third kappa shape index (κ3) is 4.00. The first-order valence-electron chi connectivity index (χ1n) is 6.27. The van der Waals surface area contributed by atoms with Crippen molar-refractivity contribution in [3.05, 3.63) is 23.3 Å². The zero-order valence-electron chi connectivity index (χ0n) is 10.6. The van der Waals surface area contributed by atoms with Gasteiger partial charge in [-0.2, -0.15) is 0 Å². The van der Waals surface area contributed by atoms with Crippen molar-refractivity contribution in [1.29, 1.82) is 0 Å². The first kappa shape index (κ1) is 14.0. The molecular formula is C14H22O3. The van der Waals surface area contributed by atoms with E-state index in [4.69, 9.17) is 5.11 Å². The lowest BCUT2D eigenvalue weighted by atomic mass is 9.79. The van der Waals surface area contributed by atoms with Gasteiger partial charge in [-0.25, -0.2) is 0 Å². The molecule has 0 spiro atoms. The maximum absolute atomic E-state index is 11.2. The minimum atomic E-state index is -0.724. The molecule has 1 aliphatic rings. The number of hydrogen-bond donors (Lipinski definition) is 2. The van der Waals surface area contributed by atoms with Crippen LogP contribution in [0.2, 0.25) is 0 Å². The summed E-state index contributed by atoms with van der Waals surface area (Å²) in [6.45, 7) is 4.26. The summed E-state index contributed by atoms with van der Waals surface area (Å²) in [6.07, 6.45) is 7.32. The fourth-order valence-corrected chi connectivity index (χ4v) is 2.33. The number of aliphatic hydroxyl groups is 1. The monoisotopic (exact) mass is 238 g/mol. The minimum absolute atomic E-state index is 0.215. The van der Waals surface area contributed by atoms with Crippen LogP contribution in [-0.4, -0.2) is 22.8 Å². The summed E-state index contributed by atoms with van der Waals surface area (Å²) in [4.78, 5) is 11.2. The SMILES string of the molecule is CC1=CC=C([C@H](C)CCCCO)C(C(=O)O)C1. The Bertz CT molecular complexity index is 328. The number of aliphatic carboxylic acids is 1. The van der Waals surface area contributed by atoms with Crippen LogP contribution in [0.15, 0.2) is 23.3 Å². The van der Waals surface area contributed by atoms with E-state index in [1.165, 1.54) is 0 Å². The Morgan fingerprint density at radius 1 is 1.47 bits per heavy atom. The van der Waals surface area contributed by atoms with Crippen molar-refractivity contribution in [3.8, 4) is 0 Å². The maximum Gasteiger partial charge on any atom is 0.310 e. The Hall–Kier alpha value is -1.09. The number of carbonyl (C=O) groups is 1. The second-order valence-electron chi connectivity index (χ2n) is 4.90. The van der Waals surface area contributed by atoms with E-state index in [9.17, 15) is 9.90 Å². The highest BCUT2D eigenvalue weighted by atomic mass is 16.4. The van der Waals surface area contributed by atoms with Crippen molar-refractivity contribution in [2.24, 2.45) is 11.8 Å². The molecule has 0 fully saturated rings. The van der Waals surface area contributed by atoms with Gasteiger partial charge in [-0.05, 0) is 32.1 Å². The van der Waals surface area contributed by atoms with Gasteiger partial charge in [0.25, 0.3) is 0 Å². The van der Waals surface area contributed by atoms with Crippen molar-refractivity contribution in [1.82, 2.24) is 0 Å². The fraction of sp³-hybridized carbons (Fsp3) is 0.643. The normalized spacial score (nSPS) is 21.7. The van der Waals surface area contributed by atoms with Gasteiger partial charge >= 0.3 is 5.97 Å². The summed E-state index contributed by atoms with van der Waals surface area (Å²) in [5.41, 5.74) is 2.16. The quantitative estimate of drug-likeness (QED) is 0.699. The molecule has 1 rings (SSSR count). The van der Waals surface area contributed by atoms with Crippen LogP contribution < -0.4 is 0 Å². The van der Waals surface area contributed by atoms with E-state index in [2.05, 4.69) is 6.92 Å². The van der Waals surface area contributed by atoms with E-state index in [1.807, 2.05) is 19.1 Å². The van der Waals surface area contributed by atoms with E-state index in [1.54, 1.807) is 0 Å². The summed E-state index contributed by atoms with van der Waals surface area (Å²) < 4.78 is 0. The van der Waals surface area contributed by atoms with Gasteiger partial charge in [0, 0.05) is 6.61 Å². The van der Waals surface area contributed by atoms with E-state index < -0.39 is 5.97 Å². The third-order valence-corrected chi connectivity index (χ3v) is 3.40. The van der Waals surface area contributed by atoms with Crippen LogP contribution in [0.5, 0.6) is 0 Å². The molecule has 1 aliphatic carbocycles. The molecule has 0 radical (unpaired) electrons. The van der Waals surface area contributed by atoms with Crippen molar-refractivity contribution in [3.63, 3.8) is 0 Å². The first-order chi connectivity index (χ1) is 8.06. The number of unbranched alkanes of at least 4 members (excludes halogenated alkanes) is 1. The molecule has 1 unspecified atom stereocenters. The van der Waals surface area contributed by atoms with Gasteiger partial charge in [0.15, 0.2) is 0 Å². The molecular weight excluding hydrogens is 216 g/mol. The molecule has 3 nitrogen and oxygen atoms in total. The first-order valence-corrected chi connectivity index (χ1v) is 6.27. The van der Waals surface area contributed by atoms with Gasteiger partial charge in [0.05, 0.1) is 5.92 Å². The number of hydrogen-bond acceptors (Lipinski definition) is 2. The number of carboxylic acids is 1. The highest BCUT2D eigenvalue weighted by molar-refractivity contribution is 5.75. The predicted octanol–water partition coefficient (Wildman–Crippen LogP) is 2.76. The number of allylic oxidation sites excluding steroid dienone is 3. The van der Waals surface area contributed by atoms with Gasteiger partial charge in [-0.3, -0.25) is 4.79 Å². The van der Waals surface area contributed by atoms with Crippen LogP contribution >= 0.6 is 0 Å². The molecule has 0 aliphatic heterocycles. The molecule has 17 heavy (non-hydrogen) atoms. The fourth-order valence-electron chi connectivity index (χ4n) is 2.33. The van der Waals surface area contributed by atoms with Gasteiger partial charge in [0.1, 0.15) is 0 Å². The van der Waals surface area contributed by atoms with Crippen molar-refractivity contribution in [2.75, 3.05) is 6.61 Å². The topological polar surface area (TPSA) is 57.5 Å². The summed E-state index contributed by atoms with van der Waals surface area (Å²) in [5.74, 6) is -0.797. The largest absolute Gasteiger partial charge is 0.481 e. The summed E-state index contributed by atoms with van der Waals surface area (Å²) in [5, 5.41) is 18.0. The van der Waals surface area contributed by atoms with Crippen LogP contribution in [0, 0.1) is 11.8 Å². The highest BCUT2D eigenvalue weighted by Gasteiger charge is 2.27. The Balaban J connectivity index is 2.67. The molecule has 0 saturated heterocycles. The van der Waals surface area contributed by atoms with Crippen LogP contribution in [-0.2, 0) is 4.79 Å². The average Bonchev–Trinajstić information content (AvgIpc) is 2.29. The van der Waals surface area contributed by atoms with Crippen LogP contribution in [0.1, 0.15) is 39.5 Å². The second-order valence-corrected chi connectivity index (χ2v) is 4.90. The lowest BCUT2D eigenvalue weighted by Crippen LogP contribution is -2.22. The van der Waals surface area contributed by atoms with Crippen molar-refractivity contribution >= 4 is 5.97 Å². The zero-order chi connectivity index (χ0) is 12.8. The Kier molecular flexibility index (Phi) is 5.42. The molecule has 0 bridgehead atoms. The van der Waals surface area contributed by atoms with Crippen molar-refractivity contribution < 1.29 is 15.0 Å². The molecule has 0 aromatic rings. The third-order valence-electron chi connectivity index (χ3n) is 3.40. The lowest BCUT2D eigenvalue weighted by Gasteiger charge is -2.25. The van der Waals surface area contributed by atoms with Gasteiger partial charge in [-0.1, -0.05) is 36.6 Å². The molecule has 0 saturated carbocycles. The van der Waals surface area contributed by atoms with E-state index in [0.717, 1.165) is 30.4 Å². The molecule has 0 aromatic heterocycles. The van der Waals surface area contributed by atoms with Gasteiger partial charge in [0.2, 0.25) is 0 Å². The highest BCUT2D eigenvalue weighted by Crippen LogP contribution is 2.32. The van der Waals surface area contributed by atoms with Crippen LogP contribution in [0.3, 0.4) is 0 Å². The van der Waals surface area contributed by atoms with Crippen molar-refractivity contribution in [2.45, 2.75) is 39.5 Å². The molecule has 3 heteroatoms. The zero-order valence-corrected chi connectivity index (χ0v) is 10.6. The molecule has 2 atom stereocenters. The number of aliphatic hydroxyl groups excluding tert-OH is 1. The summed E-state index contributed by atoms with van der Waals surface area (Å²) in [6, 6.07) is 0. The maximum atomic E-state index is 11.2. The lowest BCUT2D eigenvalue weighted by molar-refractivity contribution is -0.140. The molecule has 0 aromatic carbocycles. The van der Waals surface area contributed by atoms with Gasteiger partial charge < -0.3 is 10.2 Å². The average molecular weight is 238 g/mol. The van der Waals surface area contributed by atoms with Crippen LogP contribution in [0.4, 0.5) is 0 Å². The molecule has 0 amide bonds. The van der Waals surface area contributed by atoms with Gasteiger partial charge in [-0.15, -0.1) is 0 Å². The predicted molar refractivity (Wildman–Crippen MR) is 67.7 cm³/mol. The summed E-state index contributed by atoms with van der Waals surface area (Å²) >= 11 is 0. The second kappa shape index (κ2) is 6.60. The molecule has 2 N–H and O–H groups in total. The van der Waals surface area contributed by atoms with E-state index in [-0.39, 0.29) is 18.4 Å². The minimum Gasteiger partial charge on any atom is -0.481 e. The Morgan fingerprint density at radius 2 is 2.18 bits per heavy atom. The van der Waals surface area contributed by atoms with Crippen LogP contribution in [0.25, 0.3) is 0 Å². The summed E-state index contributed by atoms with van der Waals surface area (Å²) in [7, 11) is 0. The molecule has 0 heterocycles. The standard InChI is InChI=1S/C14H22O3/c1-10-6-7-12(13(9-10)14(16)17)11(2)5-3-4-8-15/h6-7,11,13,15H,3-5,8-9H2,1-2H3,(H,16,17)/t11-,13?/m1/s1. The van der Waals surface area contributed by atoms with E-state index >= 15 is 0 Å². The number of carboxylic acid groups (broad SMARTS) is 1. The smallest absolute Gasteiger partial charge is 0.310 e. The van der Waals surface area contributed by atoms with E-state index in [0.29, 0.717) is 6.42 Å². The number of rotatable bonds is 6.